The summed E-state index contributed by atoms with van der Waals surface area (Å²) in [6, 6.07) is 4.97. The summed E-state index contributed by atoms with van der Waals surface area (Å²) < 4.78 is 13.2. The topological polar surface area (TPSA) is 29.1 Å². The van der Waals surface area contributed by atoms with Crippen LogP contribution in [-0.2, 0) is 4.79 Å². The smallest absolute Gasteiger partial charge is 0.141 e. The van der Waals surface area contributed by atoms with Gasteiger partial charge in [-0.25, -0.2) is 4.39 Å². The molecule has 2 rings (SSSR count). The SMILES string of the molecule is CNC(c1ccc(F)c(Cl)c1)C1CCC(=O)CC1. The first-order valence-corrected chi connectivity index (χ1v) is 6.63. The molecule has 0 spiro atoms. The fraction of sp³-hybridized carbons (Fsp3) is 0.500. The predicted octanol–water partition coefficient (Wildman–Crippen LogP) is 3.50. The van der Waals surface area contributed by atoms with E-state index >= 15 is 0 Å². The standard InChI is InChI=1S/C14H17ClFNO/c1-17-14(9-2-5-11(18)6-3-9)10-4-7-13(16)12(15)8-10/h4,7-9,14,17H,2-3,5-6H2,1H3. The van der Waals surface area contributed by atoms with Gasteiger partial charge in [0.05, 0.1) is 5.02 Å². The Hall–Kier alpha value is -0.930. The zero-order valence-corrected chi connectivity index (χ0v) is 11.1. The van der Waals surface area contributed by atoms with Crippen LogP contribution in [0.2, 0.25) is 5.02 Å². The summed E-state index contributed by atoms with van der Waals surface area (Å²) in [6.07, 6.45) is 3.08. The van der Waals surface area contributed by atoms with Crippen LogP contribution in [0, 0.1) is 11.7 Å². The quantitative estimate of drug-likeness (QED) is 0.910. The Kier molecular flexibility index (Phi) is 4.36. The zero-order chi connectivity index (χ0) is 13.1. The van der Waals surface area contributed by atoms with Gasteiger partial charge in [0.15, 0.2) is 0 Å². The van der Waals surface area contributed by atoms with Gasteiger partial charge in [0.2, 0.25) is 0 Å². The van der Waals surface area contributed by atoms with Gasteiger partial charge in [-0.15, -0.1) is 0 Å². The average molecular weight is 270 g/mol. The van der Waals surface area contributed by atoms with Crippen LogP contribution < -0.4 is 5.32 Å². The van der Waals surface area contributed by atoms with Crippen LogP contribution in [0.4, 0.5) is 4.39 Å². The van der Waals surface area contributed by atoms with Crippen molar-refractivity contribution in [1.82, 2.24) is 5.32 Å². The van der Waals surface area contributed by atoms with Crippen LogP contribution in [0.15, 0.2) is 18.2 Å². The third-order valence-corrected chi connectivity index (χ3v) is 3.96. The number of ketones is 1. The molecule has 0 bridgehead atoms. The predicted molar refractivity (Wildman–Crippen MR) is 70.2 cm³/mol. The fourth-order valence-electron chi connectivity index (χ4n) is 2.68. The molecule has 1 fully saturated rings. The molecular weight excluding hydrogens is 253 g/mol. The minimum atomic E-state index is -0.394. The Morgan fingerprint density at radius 2 is 2.06 bits per heavy atom. The highest BCUT2D eigenvalue weighted by Crippen LogP contribution is 2.34. The molecule has 1 atom stereocenters. The number of hydrogen-bond donors (Lipinski definition) is 1. The van der Waals surface area contributed by atoms with Gasteiger partial charge < -0.3 is 5.32 Å². The van der Waals surface area contributed by atoms with Crippen molar-refractivity contribution in [3.63, 3.8) is 0 Å². The molecule has 1 aromatic carbocycles. The number of carbonyl (C=O) groups is 1. The van der Waals surface area contributed by atoms with E-state index in [1.165, 1.54) is 6.07 Å². The number of Topliss-reactive ketones (excluding diaryl/α,β-unsaturated/α-hetero) is 1. The number of rotatable bonds is 3. The lowest BCUT2D eigenvalue weighted by atomic mass is 9.80. The normalized spacial score (nSPS) is 18.9. The molecule has 0 aromatic heterocycles. The van der Waals surface area contributed by atoms with Crippen LogP contribution >= 0.6 is 11.6 Å². The zero-order valence-electron chi connectivity index (χ0n) is 10.4. The first-order valence-electron chi connectivity index (χ1n) is 6.25. The first-order chi connectivity index (χ1) is 8.61. The summed E-state index contributed by atoms with van der Waals surface area (Å²) in [5.41, 5.74) is 0.989. The third-order valence-electron chi connectivity index (χ3n) is 3.67. The van der Waals surface area contributed by atoms with Crippen molar-refractivity contribution < 1.29 is 9.18 Å². The summed E-state index contributed by atoms with van der Waals surface area (Å²) in [6.45, 7) is 0. The van der Waals surface area contributed by atoms with E-state index in [0.29, 0.717) is 24.5 Å². The molecule has 0 heterocycles. The Bertz CT molecular complexity index is 439. The van der Waals surface area contributed by atoms with Crippen molar-refractivity contribution in [2.24, 2.45) is 5.92 Å². The number of benzene rings is 1. The number of nitrogens with one attached hydrogen (secondary N) is 1. The highest BCUT2D eigenvalue weighted by Gasteiger charge is 2.26. The van der Waals surface area contributed by atoms with Crippen LogP contribution in [0.1, 0.15) is 37.3 Å². The van der Waals surface area contributed by atoms with Crippen molar-refractivity contribution in [3.8, 4) is 0 Å². The average Bonchev–Trinajstić information content (AvgIpc) is 2.37. The maximum atomic E-state index is 13.2. The van der Waals surface area contributed by atoms with Gasteiger partial charge in [0.25, 0.3) is 0 Å². The molecule has 0 amide bonds. The van der Waals surface area contributed by atoms with Gasteiger partial charge in [-0.05, 0) is 43.5 Å². The van der Waals surface area contributed by atoms with Crippen molar-refractivity contribution in [2.75, 3.05) is 7.05 Å². The molecule has 1 aliphatic carbocycles. The van der Waals surface area contributed by atoms with Crippen molar-refractivity contribution in [2.45, 2.75) is 31.7 Å². The first kappa shape index (κ1) is 13.5. The van der Waals surface area contributed by atoms with E-state index in [0.717, 1.165) is 18.4 Å². The molecule has 1 aromatic rings. The van der Waals surface area contributed by atoms with Gasteiger partial charge in [0, 0.05) is 18.9 Å². The monoisotopic (exact) mass is 269 g/mol. The molecule has 1 aliphatic rings. The minimum absolute atomic E-state index is 0.135. The van der Waals surface area contributed by atoms with Gasteiger partial charge in [-0.3, -0.25) is 4.79 Å². The Labute approximate surface area is 112 Å². The molecule has 0 saturated heterocycles. The summed E-state index contributed by atoms with van der Waals surface area (Å²) in [5, 5.41) is 3.41. The summed E-state index contributed by atoms with van der Waals surface area (Å²) in [7, 11) is 1.89. The molecule has 1 saturated carbocycles. The highest BCUT2D eigenvalue weighted by molar-refractivity contribution is 6.30. The molecule has 1 N–H and O–H groups in total. The summed E-state index contributed by atoms with van der Waals surface area (Å²) >= 11 is 5.82. The van der Waals surface area contributed by atoms with Crippen molar-refractivity contribution in [1.29, 1.82) is 0 Å². The van der Waals surface area contributed by atoms with Gasteiger partial charge in [0.1, 0.15) is 11.6 Å². The Morgan fingerprint density at radius 1 is 1.39 bits per heavy atom. The van der Waals surface area contributed by atoms with E-state index in [-0.39, 0.29) is 11.1 Å². The van der Waals surface area contributed by atoms with Crippen molar-refractivity contribution >= 4 is 17.4 Å². The van der Waals surface area contributed by atoms with Crippen LogP contribution in [0.3, 0.4) is 0 Å². The van der Waals surface area contributed by atoms with Gasteiger partial charge in [-0.2, -0.15) is 0 Å². The maximum Gasteiger partial charge on any atom is 0.141 e. The van der Waals surface area contributed by atoms with Gasteiger partial charge in [-0.1, -0.05) is 17.7 Å². The van der Waals surface area contributed by atoms with E-state index in [1.807, 2.05) is 7.05 Å². The summed E-state index contributed by atoms with van der Waals surface area (Å²) in [5.74, 6) is 0.363. The second-order valence-corrected chi connectivity index (χ2v) is 5.22. The van der Waals surface area contributed by atoms with E-state index < -0.39 is 5.82 Å². The van der Waals surface area contributed by atoms with E-state index in [9.17, 15) is 9.18 Å². The molecular formula is C14H17ClFNO. The van der Waals surface area contributed by atoms with Crippen molar-refractivity contribution in [3.05, 3.63) is 34.6 Å². The second-order valence-electron chi connectivity index (χ2n) is 4.82. The van der Waals surface area contributed by atoms with Crippen LogP contribution in [0.25, 0.3) is 0 Å². The molecule has 4 heteroatoms. The highest BCUT2D eigenvalue weighted by atomic mass is 35.5. The summed E-state index contributed by atoms with van der Waals surface area (Å²) in [4.78, 5) is 11.3. The lowest BCUT2D eigenvalue weighted by Crippen LogP contribution is -2.28. The van der Waals surface area contributed by atoms with Gasteiger partial charge >= 0.3 is 0 Å². The second kappa shape index (κ2) is 5.81. The van der Waals surface area contributed by atoms with E-state index in [4.69, 9.17) is 11.6 Å². The lowest BCUT2D eigenvalue weighted by Gasteiger charge is -2.30. The number of hydrogen-bond acceptors (Lipinski definition) is 2. The molecule has 98 valence electrons. The Balaban J connectivity index is 2.17. The fourth-order valence-corrected chi connectivity index (χ4v) is 2.86. The minimum Gasteiger partial charge on any atom is -0.313 e. The van der Waals surface area contributed by atoms with E-state index in [2.05, 4.69) is 5.32 Å². The molecule has 1 unspecified atom stereocenters. The molecule has 0 aliphatic heterocycles. The largest absolute Gasteiger partial charge is 0.313 e. The third kappa shape index (κ3) is 2.90. The van der Waals surface area contributed by atoms with Crippen LogP contribution in [0.5, 0.6) is 0 Å². The maximum absolute atomic E-state index is 13.2. The molecule has 2 nitrogen and oxygen atoms in total. The van der Waals surface area contributed by atoms with Crippen LogP contribution in [-0.4, -0.2) is 12.8 Å². The van der Waals surface area contributed by atoms with E-state index in [1.54, 1.807) is 12.1 Å². The number of halogens is 2. The molecule has 18 heavy (non-hydrogen) atoms. The molecule has 0 radical (unpaired) electrons. The Morgan fingerprint density at radius 3 is 2.61 bits per heavy atom. The lowest BCUT2D eigenvalue weighted by molar-refractivity contribution is -0.121. The number of carbonyl (C=O) groups excluding carboxylic acids is 1.